The predicted octanol–water partition coefficient (Wildman–Crippen LogP) is 3.44. The Morgan fingerprint density at radius 2 is 1.97 bits per heavy atom. The monoisotopic (exact) mass is 417 g/mol. The maximum absolute atomic E-state index is 12.5. The van der Waals surface area contributed by atoms with E-state index in [1.807, 2.05) is 18.2 Å². The molecule has 1 fully saturated rings. The van der Waals surface area contributed by atoms with Gasteiger partial charge in [-0.15, -0.1) is 0 Å². The summed E-state index contributed by atoms with van der Waals surface area (Å²) in [5.41, 5.74) is 1.68. The van der Waals surface area contributed by atoms with E-state index < -0.39 is 6.61 Å². The van der Waals surface area contributed by atoms with Crippen LogP contribution in [0.5, 0.6) is 11.5 Å². The molecule has 0 spiro atoms. The van der Waals surface area contributed by atoms with Crippen molar-refractivity contribution in [2.45, 2.75) is 20.1 Å². The molecule has 3 rings (SSSR count). The molecular weight excluding hydrogens is 392 g/mol. The van der Waals surface area contributed by atoms with Gasteiger partial charge in [-0.05, 0) is 42.8 Å². The Balaban J connectivity index is 1.55. The second-order valence-corrected chi connectivity index (χ2v) is 6.77. The summed E-state index contributed by atoms with van der Waals surface area (Å²) in [7, 11) is 0. The Morgan fingerprint density at radius 3 is 2.63 bits per heavy atom. The molecule has 1 aromatic carbocycles. The van der Waals surface area contributed by atoms with Crippen molar-refractivity contribution >= 4 is 12.0 Å². The van der Waals surface area contributed by atoms with E-state index in [0.29, 0.717) is 25.3 Å². The zero-order valence-corrected chi connectivity index (χ0v) is 16.8. The number of carbonyl (C=O) groups excluding carboxylic acids is 1. The zero-order chi connectivity index (χ0) is 21.3. The lowest BCUT2D eigenvalue weighted by molar-refractivity contribution is -0.127. The molecule has 1 aliphatic heterocycles. The summed E-state index contributed by atoms with van der Waals surface area (Å²) in [6, 6.07) is 10.5. The summed E-state index contributed by atoms with van der Waals surface area (Å²) < 4.78 is 34.8. The molecule has 1 saturated heterocycles. The highest BCUT2D eigenvalue weighted by atomic mass is 19.3. The maximum atomic E-state index is 12.5. The summed E-state index contributed by atoms with van der Waals surface area (Å²) >= 11 is 0. The van der Waals surface area contributed by atoms with Gasteiger partial charge >= 0.3 is 6.61 Å². The Bertz CT molecular complexity index is 854. The number of pyridine rings is 1. The number of nitrogens with zero attached hydrogens (tertiary/aromatic N) is 3. The molecule has 1 aromatic heterocycles. The summed E-state index contributed by atoms with van der Waals surface area (Å²) in [6.45, 7) is 2.76. The molecule has 30 heavy (non-hydrogen) atoms. The molecule has 0 saturated carbocycles. The first-order valence-electron chi connectivity index (χ1n) is 9.86. The standard InChI is InChI=1S/C22H25F2N3O3/c1-2-29-20-15-17(6-8-19(20)30-22(23)24)7-9-21(28)27-13-11-26(12-14-27)16-18-5-3-4-10-25-18/h3-10,15,22H,2,11-14,16H2,1H3/b9-7+. The van der Waals surface area contributed by atoms with Gasteiger partial charge in [0.2, 0.25) is 5.91 Å². The second-order valence-electron chi connectivity index (χ2n) is 6.77. The second kappa shape index (κ2) is 10.7. The van der Waals surface area contributed by atoms with Crippen LogP contribution in [0.3, 0.4) is 0 Å². The number of amides is 1. The summed E-state index contributed by atoms with van der Waals surface area (Å²) in [4.78, 5) is 20.9. The molecule has 1 amide bonds. The average Bonchev–Trinajstić information content (AvgIpc) is 2.75. The molecule has 0 unspecified atom stereocenters. The SMILES string of the molecule is CCOc1cc(/C=C/C(=O)N2CCN(Cc3ccccn3)CC2)ccc1OC(F)F. The van der Waals surface area contributed by atoms with E-state index in [-0.39, 0.29) is 17.4 Å². The van der Waals surface area contributed by atoms with Crippen LogP contribution in [0.1, 0.15) is 18.2 Å². The fraction of sp³-hybridized carbons (Fsp3) is 0.364. The van der Waals surface area contributed by atoms with Crippen LogP contribution >= 0.6 is 0 Å². The van der Waals surface area contributed by atoms with E-state index >= 15 is 0 Å². The number of alkyl halides is 2. The Kier molecular flexibility index (Phi) is 7.73. The average molecular weight is 417 g/mol. The molecule has 1 aliphatic rings. The highest BCUT2D eigenvalue weighted by Gasteiger charge is 2.20. The number of hydrogen-bond acceptors (Lipinski definition) is 5. The van der Waals surface area contributed by atoms with E-state index in [4.69, 9.17) is 4.74 Å². The van der Waals surface area contributed by atoms with E-state index in [2.05, 4.69) is 14.6 Å². The molecule has 2 aromatic rings. The van der Waals surface area contributed by atoms with Crippen molar-refractivity contribution in [2.75, 3.05) is 32.8 Å². The van der Waals surface area contributed by atoms with Crippen LogP contribution in [0.2, 0.25) is 0 Å². The van der Waals surface area contributed by atoms with Gasteiger partial charge in [-0.25, -0.2) is 0 Å². The van der Waals surface area contributed by atoms with Crippen LogP contribution in [0.4, 0.5) is 8.78 Å². The van der Waals surface area contributed by atoms with Gasteiger partial charge in [0.25, 0.3) is 0 Å². The zero-order valence-electron chi connectivity index (χ0n) is 16.8. The molecule has 160 valence electrons. The smallest absolute Gasteiger partial charge is 0.387 e. The Morgan fingerprint density at radius 1 is 1.17 bits per heavy atom. The normalized spacial score (nSPS) is 15.0. The molecule has 0 atom stereocenters. The van der Waals surface area contributed by atoms with Crippen LogP contribution in [0, 0.1) is 0 Å². The van der Waals surface area contributed by atoms with Crippen LogP contribution in [0.25, 0.3) is 6.08 Å². The van der Waals surface area contributed by atoms with E-state index in [1.165, 1.54) is 12.1 Å². The largest absolute Gasteiger partial charge is 0.490 e. The quantitative estimate of drug-likeness (QED) is 0.616. The van der Waals surface area contributed by atoms with E-state index in [9.17, 15) is 13.6 Å². The topological polar surface area (TPSA) is 54.9 Å². The summed E-state index contributed by atoms with van der Waals surface area (Å²) in [5, 5.41) is 0. The van der Waals surface area contributed by atoms with Gasteiger partial charge in [0, 0.05) is 45.0 Å². The highest BCUT2D eigenvalue weighted by molar-refractivity contribution is 5.92. The minimum Gasteiger partial charge on any atom is -0.490 e. The van der Waals surface area contributed by atoms with Crippen molar-refractivity contribution in [3.05, 3.63) is 59.9 Å². The molecular formula is C22H25F2N3O3. The van der Waals surface area contributed by atoms with Crippen molar-refractivity contribution in [3.8, 4) is 11.5 Å². The molecule has 6 nitrogen and oxygen atoms in total. The highest BCUT2D eigenvalue weighted by Crippen LogP contribution is 2.30. The first-order chi connectivity index (χ1) is 14.5. The summed E-state index contributed by atoms with van der Waals surface area (Å²) in [5.74, 6) is 0.105. The predicted molar refractivity (Wildman–Crippen MR) is 109 cm³/mol. The van der Waals surface area contributed by atoms with Crippen LogP contribution in [-0.2, 0) is 11.3 Å². The number of carbonyl (C=O) groups is 1. The number of hydrogen-bond donors (Lipinski definition) is 0. The third kappa shape index (κ3) is 6.25. The molecule has 0 aliphatic carbocycles. The minimum atomic E-state index is -2.93. The molecule has 0 bridgehead atoms. The molecule has 8 heteroatoms. The van der Waals surface area contributed by atoms with Gasteiger partial charge in [0.15, 0.2) is 11.5 Å². The van der Waals surface area contributed by atoms with Gasteiger partial charge in [0.05, 0.1) is 12.3 Å². The van der Waals surface area contributed by atoms with Gasteiger partial charge in [-0.1, -0.05) is 12.1 Å². The maximum Gasteiger partial charge on any atom is 0.387 e. The van der Waals surface area contributed by atoms with Crippen LogP contribution < -0.4 is 9.47 Å². The van der Waals surface area contributed by atoms with Gasteiger partial charge in [0.1, 0.15) is 0 Å². The molecule has 0 radical (unpaired) electrons. The fourth-order valence-corrected chi connectivity index (χ4v) is 3.21. The third-order valence-corrected chi connectivity index (χ3v) is 4.70. The lowest BCUT2D eigenvalue weighted by atomic mass is 10.1. The van der Waals surface area contributed by atoms with Crippen molar-refractivity contribution in [2.24, 2.45) is 0 Å². The minimum absolute atomic E-state index is 0.0284. The van der Waals surface area contributed by atoms with E-state index in [0.717, 1.165) is 25.3 Å². The number of halogens is 2. The number of rotatable bonds is 8. The van der Waals surface area contributed by atoms with Crippen molar-refractivity contribution in [1.29, 1.82) is 0 Å². The van der Waals surface area contributed by atoms with Crippen LogP contribution in [-0.4, -0.2) is 60.1 Å². The van der Waals surface area contributed by atoms with Crippen molar-refractivity contribution in [1.82, 2.24) is 14.8 Å². The summed E-state index contributed by atoms with van der Waals surface area (Å²) in [6.07, 6.45) is 4.92. The first-order valence-corrected chi connectivity index (χ1v) is 9.86. The van der Waals surface area contributed by atoms with Gasteiger partial charge in [-0.2, -0.15) is 8.78 Å². The Hall–Kier alpha value is -3.00. The number of aromatic nitrogens is 1. The number of benzene rings is 1. The Labute approximate surface area is 174 Å². The van der Waals surface area contributed by atoms with Gasteiger partial charge in [-0.3, -0.25) is 14.7 Å². The molecule has 2 heterocycles. The van der Waals surface area contributed by atoms with Crippen LogP contribution in [0.15, 0.2) is 48.7 Å². The number of ether oxygens (including phenoxy) is 2. The van der Waals surface area contributed by atoms with Crippen molar-refractivity contribution in [3.63, 3.8) is 0 Å². The number of piperazine rings is 1. The lowest BCUT2D eigenvalue weighted by Crippen LogP contribution is -2.47. The lowest BCUT2D eigenvalue weighted by Gasteiger charge is -2.34. The van der Waals surface area contributed by atoms with Crippen molar-refractivity contribution < 1.29 is 23.0 Å². The van der Waals surface area contributed by atoms with E-state index in [1.54, 1.807) is 36.2 Å². The van der Waals surface area contributed by atoms with Gasteiger partial charge < -0.3 is 14.4 Å². The first kappa shape index (κ1) is 21.7. The fourth-order valence-electron chi connectivity index (χ4n) is 3.21. The third-order valence-electron chi connectivity index (χ3n) is 4.70. The molecule has 0 N–H and O–H groups in total.